The Kier molecular flexibility index (Phi) is 5.24. The van der Waals surface area contributed by atoms with Crippen LogP contribution in [0.4, 0.5) is 16.0 Å². The molecule has 4 rings (SSSR count). The fourth-order valence-corrected chi connectivity index (χ4v) is 3.43. The summed E-state index contributed by atoms with van der Waals surface area (Å²) >= 11 is 0. The van der Waals surface area contributed by atoms with E-state index >= 15 is 0 Å². The molecular weight excluding hydrogens is 371 g/mol. The van der Waals surface area contributed by atoms with Crippen LogP contribution < -0.4 is 5.32 Å². The van der Waals surface area contributed by atoms with Gasteiger partial charge in [-0.05, 0) is 50.5 Å². The van der Waals surface area contributed by atoms with Gasteiger partial charge in [0.2, 0.25) is 5.95 Å². The summed E-state index contributed by atoms with van der Waals surface area (Å²) in [4.78, 5) is 27.0. The molecule has 1 amide bonds. The van der Waals surface area contributed by atoms with Gasteiger partial charge in [-0.15, -0.1) is 0 Å². The highest BCUT2D eigenvalue weighted by Gasteiger charge is 2.18. The van der Waals surface area contributed by atoms with E-state index in [4.69, 9.17) is 0 Å². The normalized spacial score (nSPS) is 14.1. The van der Waals surface area contributed by atoms with E-state index in [-0.39, 0.29) is 17.5 Å². The molecule has 7 nitrogen and oxygen atoms in total. The van der Waals surface area contributed by atoms with Gasteiger partial charge in [0.25, 0.3) is 5.91 Å². The molecule has 0 atom stereocenters. The number of nitrogens with one attached hydrogen (secondary N) is 1. The van der Waals surface area contributed by atoms with Crippen molar-refractivity contribution >= 4 is 17.5 Å². The number of nitrogens with zero attached hydrogens (tertiary/aromatic N) is 5. The molecule has 1 fully saturated rings. The zero-order valence-corrected chi connectivity index (χ0v) is 16.5. The maximum Gasteiger partial charge on any atom is 0.253 e. The van der Waals surface area contributed by atoms with Crippen LogP contribution in [0, 0.1) is 12.7 Å². The minimum Gasteiger partial charge on any atom is -0.339 e. The lowest BCUT2D eigenvalue weighted by Gasteiger charge is -2.26. The van der Waals surface area contributed by atoms with Crippen molar-refractivity contribution in [2.24, 2.45) is 7.05 Å². The van der Waals surface area contributed by atoms with Gasteiger partial charge in [0, 0.05) is 31.4 Å². The number of benzene rings is 1. The van der Waals surface area contributed by atoms with E-state index in [1.807, 2.05) is 18.9 Å². The molecule has 3 aromatic rings. The zero-order valence-electron chi connectivity index (χ0n) is 16.5. The summed E-state index contributed by atoms with van der Waals surface area (Å²) in [6.07, 6.45) is 6.04. The lowest BCUT2D eigenvalue weighted by Crippen LogP contribution is -2.35. The number of carbonyl (C=O) groups excluding carboxylic acids is 1. The minimum absolute atomic E-state index is 0.0585. The lowest BCUT2D eigenvalue weighted by molar-refractivity contribution is 0.0724. The third-order valence-corrected chi connectivity index (χ3v) is 5.24. The van der Waals surface area contributed by atoms with E-state index in [1.54, 1.807) is 35.0 Å². The number of aromatic nitrogens is 4. The molecule has 1 saturated heterocycles. The maximum absolute atomic E-state index is 14.3. The van der Waals surface area contributed by atoms with E-state index < -0.39 is 5.82 Å². The summed E-state index contributed by atoms with van der Waals surface area (Å²) in [5.74, 6) is 0.584. The Balaban J connectivity index is 1.51. The van der Waals surface area contributed by atoms with Crippen molar-refractivity contribution in [3.63, 3.8) is 0 Å². The Morgan fingerprint density at radius 2 is 1.79 bits per heavy atom. The van der Waals surface area contributed by atoms with E-state index in [1.165, 1.54) is 6.42 Å². The molecule has 1 aromatic carbocycles. The van der Waals surface area contributed by atoms with Crippen molar-refractivity contribution in [3.8, 4) is 11.4 Å². The van der Waals surface area contributed by atoms with Gasteiger partial charge >= 0.3 is 0 Å². The first-order chi connectivity index (χ1) is 14.0. The predicted octanol–water partition coefficient (Wildman–Crippen LogP) is 3.69. The maximum atomic E-state index is 14.3. The van der Waals surface area contributed by atoms with Crippen LogP contribution in [0.1, 0.15) is 35.4 Å². The molecule has 0 aliphatic carbocycles. The molecule has 2 aromatic heterocycles. The summed E-state index contributed by atoms with van der Waals surface area (Å²) in [7, 11) is 1.81. The number of rotatable bonds is 4. The molecule has 1 aliphatic heterocycles. The average molecular weight is 394 g/mol. The number of hydrogen-bond donors (Lipinski definition) is 1. The molecule has 3 heterocycles. The Bertz CT molecular complexity index is 1020. The van der Waals surface area contributed by atoms with Crippen LogP contribution in [0.2, 0.25) is 0 Å². The Hall–Kier alpha value is -3.29. The van der Waals surface area contributed by atoms with Crippen molar-refractivity contribution in [1.29, 1.82) is 0 Å². The van der Waals surface area contributed by atoms with Gasteiger partial charge in [-0.3, -0.25) is 4.79 Å². The molecule has 0 spiro atoms. The van der Waals surface area contributed by atoms with E-state index in [9.17, 15) is 9.18 Å². The van der Waals surface area contributed by atoms with E-state index in [2.05, 4.69) is 20.3 Å². The second-order valence-corrected chi connectivity index (χ2v) is 7.20. The minimum atomic E-state index is -0.513. The summed E-state index contributed by atoms with van der Waals surface area (Å²) in [6, 6.07) is 7.18. The smallest absolute Gasteiger partial charge is 0.253 e. The largest absolute Gasteiger partial charge is 0.339 e. The molecule has 0 bridgehead atoms. The first-order valence-electron chi connectivity index (χ1n) is 9.70. The van der Waals surface area contributed by atoms with Crippen LogP contribution in [-0.4, -0.2) is 43.4 Å². The molecule has 1 N–H and O–H groups in total. The summed E-state index contributed by atoms with van der Waals surface area (Å²) in [5.41, 5.74) is 2.14. The molecule has 0 radical (unpaired) electrons. The van der Waals surface area contributed by atoms with Crippen LogP contribution in [0.25, 0.3) is 11.4 Å². The van der Waals surface area contributed by atoms with Crippen molar-refractivity contribution in [3.05, 3.63) is 53.9 Å². The van der Waals surface area contributed by atoms with E-state index in [0.29, 0.717) is 11.3 Å². The Morgan fingerprint density at radius 1 is 1.07 bits per heavy atom. The van der Waals surface area contributed by atoms with E-state index in [0.717, 1.165) is 43.6 Å². The standard InChI is InChI=1S/C21H23FN6O/c1-14-23-13-18(27(14)2)19-17(22)12-24-21(26-19)25-16-8-6-15(7-9-16)20(29)28-10-4-3-5-11-28/h6-9,12-13H,3-5,10-11H2,1-2H3,(H,24,25,26). The number of hydrogen-bond acceptors (Lipinski definition) is 5. The first kappa shape index (κ1) is 19.0. The third-order valence-electron chi connectivity index (χ3n) is 5.24. The number of aryl methyl sites for hydroxylation is 1. The highest BCUT2D eigenvalue weighted by Crippen LogP contribution is 2.23. The number of piperidine rings is 1. The molecule has 29 heavy (non-hydrogen) atoms. The zero-order chi connectivity index (χ0) is 20.4. The van der Waals surface area contributed by atoms with Crippen molar-refractivity contribution in [1.82, 2.24) is 24.4 Å². The summed E-state index contributed by atoms with van der Waals surface area (Å²) in [5, 5.41) is 3.07. The molecule has 0 unspecified atom stereocenters. The first-order valence-corrected chi connectivity index (χ1v) is 9.70. The molecular formula is C21H23FN6O. The Morgan fingerprint density at radius 3 is 2.45 bits per heavy atom. The molecule has 1 aliphatic rings. The highest BCUT2D eigenvalue weighted by molar-refractivity contribution is 5.94. The molecule has 0 saturated carbocycles. The van der Waals surface area contributed by atoms with Crippen LogP contribution in [0.5, 0.6) is 0 Å². The topological polar surface area (TPSA) is 75.9 Å². The van der Waals surface area contributed by atoms with Gasteiger partial charge in [0.05, 0.1) is 18.1 Å². The van der Waals surface area contributed by atoms with Gasteiger partial charge in [-0.25, -0.2) is 19.3 Å². The third kappa shape index (κ3) is 3.96. The molecule has 8 heteroatoms. The Labute approximate surface area is 168 Å². The fourth-order valence-electron chi connectivity index (χ4n) is 3.43. The van der Waals surface area contributed by atoms with Gasteiger partial charge in [0.1, 0.15) is 11.5 Å². The summed E-state index contributed by atoms with van der Waals surface area (Å²) < 4.78 is 16.0. The number of carbonyl (C=O) groups is 1. The number of anilines is 2. The number of likely N-dealkylation sites (tertiary alicyclic amines) is 1. The average Bonchev–Trinajstić information content (AvgIpc) is 3.08. The fraction of sp³-hybridized carbons (Fsp3) is 0.333. The van der Waals surface area contributed by atoms with Crippen LogP contribution in [-0.2, 0) is 7.05 Å². The van der Waals surface area contributed by atoms with Crippen molar-refractivity contribution in [2.75, 3.05) is 18.4 Å². The second kappa shape index (κ2) is 7.98. The van der Waals surface area contributed by atoms with Gasteiger partial charge in [-0.2, -0.15) is 0 Å². The molecule has 150 valence electrons. The number of halogens is 1. The van der Waals surface area contributed by atoms with Crippen molar-refractivity contribution in [2.45, 2.75) is 26.2 Å². The van der Waals surface area contributed by atoms with Crippen molar-refractivity contribution < 1.29 is 9.18 Å². The monoisotopic (exact) mass is 394 g/mol. The summed E-state index contributed by atoms with van der Waals surface area (Å²) in [6.45, 7) is 3.48. The van der Waals surface area contributed by atoms with Crippen LogP contribution in [0.15, 0.2) is 36.7 Å². The number of amides is 1. The van der Waals surface area contributed by atoms with Gasteiger partial charge in [0.15, 0.2) is 5.82 Å². The SMILES string of the molecule is Cc1ncc(-c2nc(Nc3ccc(C(=O)N4CCCCC4)cc3)ncc2F)n1C. The predicted molar refractivity (Wildman–Crippen MR) is 108 cm³/mol. The second-order valence-electron chi connectivity index (χ2n) is 7.20. The van der Waals surface area contributed by atoms with Gasteiger partial charge < -0.3 is 14.8 Å². The lowest BCUT2D eigenvalue weighted by atomic mass is 10.1. The quantitative estimate of drug-likeness (QED) is 0.730. The highest BCUT2D eigenvalue weighted by atomic mass is 19.1. The van der Waals surface area contributed by atoms with Gasteiger partial charge in [-0.1, -0.05) is 0 Å². The van der Waals surface area contributed by atoms with Crippen LogP contribution in [0.3, 0.4) is 0 Å². The number of imidazole rings is 1. The van der Waals surface area contributed by atoms with Crippen LogP contribution >= 0.6 is 0 Å².